The Labute approximate surface area is 127 Å². The fraction of sp³-hybridized carbons (Fsp3) is 0.286. The molecule has 0 aliphatic carbocycles. The minimum atomic E-state index is -0.574. The summed E-state index contributed by atoms with van der Waals surface area (Å²) >= 11 is 6.25. The van der Waals surface area contributed by atoms with Gasteiger partial charge in [-0.3, -0.25) is 9.48 Å². The van der Waals surface area contributed by atoms with Gasteiger partial charge >= 0.3 is 0 Å². The molecule has 4 N–H and O–H groups in total. The van der Waals surface area contributed by atoms with Gasteiger partial charge in [0.1, 0.15) is 12.4 Å². The molecule has 2 aromatic rings. The molecule has 7 heteroatoms. The van der Waals surface area contributed by atoms with Crippen molar-refractivity contribution in [3.63, 3.8) is 0 Å². The van der Waals surface area contributed by atoms with Crippen molar-refractivity contribution in [3.8, 4) is 5.75 Å². The number of carbonyl (C=O) groups excluding carboxylic acids is 1. The zero-order chi connectivity index (χ0) is 15.6. The van der Waals surface area contributed by atoms with E-state index in [1.54, 1.807) is 23.9 Å². The number of benzene rings is 1. The van der Waals surface area contributed by atoms with E-state index in [1.165, 1.54) is 6.07 Å². The highest BCUT2D eigenvalue weighted by molar-refractivity contribution is 6.31. The molecule has 0 atom stereocenters. The van der Waals surface area contributed by atoms with E-state index in [-0.39, 0.29) is 12.2 Å². The number of nitrogens with zero attached hydrogens (tertiary/aromatic N) is 2. The lowest BCUT2D eigenvalue weighted by atomic mass is 10.1. The van der Waals surface area contributed by atoms with Gasteiger partial charge in [0.15, 0.2) is 0 Å². The molecule has 6 nitrogen and oxygen atoms in total. The molecule has 2 rings (SSSR count). The van der Waals surface area contributed by atoms with Crippen molar-refractivity contribution in [1.29, 1.82) is 0 Å². The van der Waals surface area contributed by atoms with E-state index in [9.17, 15) is 4.79 Å². The number of nitrogen functional groups attached to an aromatic ring is 1. The number of anilines is 1. The van der Waals surface area contributed by atoms with Crippen LogP contribution in [0.25, 0.3) is 0 Å². The summed E-state index contributed by atoms with van der Waals surface area (Å²) in [5.74, 6) is -0.242. The second kappa shape index (κ2) is 6.05. The van der Waals surface area contributed by atoms with Crippen molar-refractivity contribution in [2.24, 2.45) is 12.8 Å². The summed E-state index contributed by atoms with van der Waals surface area (Å²) in [6.07, 6.45) is 0.734. The molecule has 1 aromatic heterocycles. The van der Waals surface area contributed by atoms with Crippen LogP contribution < -0.4 is 16.2 Å². The van der Waals surface area contributed by atoms with Crippen LogP contribution >= 0.6 is 11.6 Å². The fourth-order valence-corrected chi connectivity index (χ4v) is 2.33. The van der Waals surface area contributed by atoms with Gasteiger partial charge in [-0.05, 0) is 18.6 Å². The van der Waals surface area contributed by atoms with Gasteiger partial charge in [0.2, 0.25) is 0 Å². The smallest absolute Gasteiger partial charge is 0.252 e. The Balaban J connectivity index is 2.26. The Morgan fingerprint density at radius 3 is 2.76 bits per heavy atom. The van der Waals surface area contributed by atoms with Crippen molar-refractivity contribution in [2.45, 2.75) is 20.0 Å². The van der Waals surface area contributed by atoms with E-state index in [4.69, 9.17) is 27.8 Å². The molecule has 0 spiro atoms. The second-order valence-electron chi connectivity index (χ2n) is 4.59. The first kappa shape index (κ1) is 15.2. The van der Waals surface area contributed by atoms with Crippen LogP contribution in [-0.4, -0.2) is 15.7 Å². The summed E-state index contributed by atoms with van der Waals surface area (Å²) in [6.45, 7) is 2.15. The summed E-state index contributed by atoms with van der Waals surface area (Å²) < 4.78 is 7.32. The number of amides is 1. The number of nitrogens with two attached hydrogens (primary N) is 2. The Morgan fingerprint density at radius 2 is 2.19 bits per heavy atom. The summed E-state index contributed by atoms with van der Waals surface area (Å²) in [6, 6.07) is 4.69. The molecule has 1 amide bonds. The van der Waals surface area contributed by atoms with Crippen molar-refractivity contribution < 1.29 is 9.53 Å². The Bertz CT molecular complexity index is 682. The molecular formula is C14H17ClN4O2. The lowest BCUT2D eigenvalue weighted by Crippen LogP contribution is -2.14. The summed E-state index contributed by atoms with van der Waals surface area (Å²) in [4.78, 5) is 11.4. The van der Waals surface area contributed by atoms with E-state index in [0.29, 0.717) is 16.5 Å². The van der Waals surface area contributed by atoms with E-state index < -0.39 is 5.91 Å². The minimum absolute atomic E-state index is 0.173. The molecule has 112 valence electrons. The second-order valence-corrected chi connectivity index (χ2v) is 4.97. The average Bonchev–Trinajstić information content (AvgIpc) is 2.71. The maximum absolute atomic E-state index is 11.4. The number of aromatic nitrogens is 2. The molecule has 0 bridgehead atoms. The van der Waals surface area contributed by atoms with E-state index in [0.717, 1.165) is 17.8 Å². The first-order valence-corrected chi connectivity index (χ1v) is 6.84. The normalized spacial score (nSPS) is 10.6. The predicted molar refractivity (Wildman–Crippen MR) is 81.3 cm³/mol. The molecule has 0 aliphatic rings. The monoisotopic (exact) mass is 308 g/mol. The number of carbonyl (C=O) groups is 1. The number of rotatable bonds is 5. The Kier molecular flexibility index (Phi) is 4.37. The van der Waals surface area contributed by atoms with Crippen molar-refractivity contribution in [2.75, 3.05) is 5.73 Å². The third-order valence-corrected chi connectivity index (χ3v) is 3.57. The van der Waals surface area contributed by atoms with Crippen molar-refractivity contribution >= 4 is 23.2 Å². The molecule has 0 fully saturated rings. The zero-order valence-corrected chi connectivity index (χ0v) is 12.6. The Morgan fingerprint density at radius 1 is 1.48 bits per heavy atom. The van der Waals surface area contributed by atoms with Crippen LogP contribution in [0.3, 0.4) is 0 Å². The molecule has 0 unspecified atom stereocenters. The van der Waals surface area contributed by atoms with Gasteiger partial charge < -0.3 is 16.2 Å². The first-order valence-electron chi connectivity index (χ1n) is 6.46. The van der Waals surface area contributed by atoms with Gasteiger partial charge in [-0.1, -0.05) is 18.5 Å². The van der Waals surface area contributed by atoms with Gasteiger partial charge in [0, 0.05) is 18.8 Å². The van der Waals surface area contributed by atoms with Crippen molar-refractivity contribution in [1.82, 2.24) is 9.78 Å². The predicted octanol–water partition coefficient (Wildman–Crippen LogP) is 1.90. The lowest BCUT2D eigenvalue weighted by Gasteiger charge is -2.11. The van der Waals surface area contributed by atoms with Crippen LogP contribution in [0, 0.1) is 0 Å². The summed E-state index contributed by atoms with van der Waals surface area (Å²) in [5.41, 5.74) is 13.3. The van der Waals surface area contributed by atoms with Crippen LogP contribution in [-0.2, 0) is 20.1 Å². The molecule has 0 radical (unpaired) electrons. The molecule has 21 heavy (non-hydrogen) atoms. The SMILES string of the molecule is CCc1nn(C)c(COc2cc(N)ccc2C(N)=O)c1Cl. The van der Waals surface area contributed by atoms with Gasteiger partial charge in [-0.2, -0.15) is 5.10 Å². The van der Waals surface area contributed by atoms with Crippen LogP contribution in [0.2, 0.25) is 5.02 Å². The number of aryl methyl sites for hydroxylation is 2. The van der Waals surface area contributed by atoms with Crippen LogP contribution in [0.1, 0.15) is 28.7 Å². The van der Waals surface area contributed by atoms with Gasteiger partial charge in [0.05, 0.1) is 22.0 Å². The third-order valence-electron chi connectivity index (χ3n) is 3.14. The highest BCUT2D eigenvalue weighted by atomic mass is 35.5. The fourth-order valence-electron chi connectivity index (χ4n) is 1.98. The molecular weight excluding hydrogens is 292 g/mol. The van der Waals surface area contributed by atoms with Gasteiger partial charge in [-0.25, -0.2) is 0 Å². The van der Waals surface area contributed by atoms with E-state index in [1.807, 2.05) is 6.92 Å². The molecule has 0 saturated heterocycles. The summed E-state index contributed by atoms with van der Waals surface area (Å²) in [5, 5.41) is 4.88. The Hall–Kier alpha value is -2.21. The quantitative estimate of drug-likeness (QED) is 0.824. The first-order chi connectivity index (χ1) is 9.93. The maximum atomic E-state index is 11.4. The van der Waals surface area contributed by atoms with E-state index in [2.05, 4.69) is 5.10 Å². The largest absolute Gasteiger partial charge is 0.486 e. The standard InChI is InChI=1S/C14H17ClN4O2/c1-3-10-13(15)11(19(2)18-10)7-21-12-6-8(16)4-5-9(12)14(17)20/h4-6H,3,7,16H2,1-2H3,(H2,17,20). The number of primary amides is 1. The summed E-state index contributed by atoms with van der Waals surface area (Å²) in [7, 11) is 1.79. The number of ether oxygens (including phenoxy) is 1. The molecule has 1 heterocycles. The average molecular weight is 309 g/mol. The zero-order valence-electron chi connectivity index (χ0n) is 11.9. The number of hydrogen-bond donors (Lipinski definition) is 2. The lowest BCUT2D eigenvalue weighted by molar-refractivity contribution is 0.0996. The van der Waals surface area contributed by atoms with E-state index >= 15 is 0 Å². The maximum Gasteiger partial charge on any atom is 0.252 e. The van der Waals surface area contributed by atoms with Crippen LogP contribution in [0.4, 0.5) is 5.69 Å². The number of halogens is 1. The topological polar surface area (TPSA) is 96.2 Å². The minimum Gasteiger partial charge on any atom is -0.486 e. The highest BCUT2D eigenvalue weighted by Gasteiger charge is 2.15. The molecule has 0 aliphatic heterocycles. The van der Waals surface area contributed by atoms with Gasteiger partial charge in [-0.15, -0.1) is 0 Å². The van der Waals surface area contributed by atoms with Crippen molar-refractivity contribution in [3.05, 3.63) is 40.2 Å². The van der Waals surface area contributed by atoms with Crippen LogP contribution in [0.15, 0.2) is 18.2 Å². The third kappa shape index (κ3) is 3.11. The molecule has 1 aromatic carbocycles. The van der Waals surface area contributed by atoms with Gasteiger partial charge in [0.25, 0.3) is 5.91 Å². The number of hydrogen-bond acceptors (Lipinski definition) is 4. The highest BCUT2D eigenvalue weighted by Crippen LogP contribution is 2.25. The molecule has 0 saturated carbocycles. The van der Waals surface area contributed by atoms with Crippen LogP contribution in [0.5, 0.6) is 5.75 Å².